The van der Waals surface area contributed by atoms with Gasteiger partial charge in [-0.15, -0.1) is 11.3 Å². The van der Waals surface area contributed by atoms with E-state index in [1.54, 1.807) is 17.6 Å². The maximum absolute atomic E-state index is 11.5. The lowest BCUT2D eigenvalue weighted by Gasteiger charge is -2.05. The third-order valence-electron chi connectivity index (χ3n) is 2.28. The Morgan fingerprint density at radius 2 is 2.32 bits per heavy atom. The van der Waals surface area contributed by atoms with E-state index in [0.717, 1.165) is 10.4 Å². The third-order valence-corrected chi connectivity index (χ3v) is 3.09. The number of carbonyl (C=O) groups is 1. The van der Waals surface area contributed by atoms with Crippen molar-refractivity contribution >= 4 is 23.5 Å². The number of nitrogens with one attached hydrogen (secondary N) is 1. The van der Waals surface area contributed by atoms with Crippen LogP contribution in [0.4, 0.5) is 0 Å². The fraction of sp³-hybridized carbons (Fsp3) is 0.143. The molecule has 5 heteroatoms. The van der Waals surface area contributed by atoms with Gasteiger partial charge in [-0.1, -0.05) is 18.2 Å². The van der Waals surface area contributed by atoms with Crippen LogP contribution in [-0.4, -0.2) is 18.7 Å². The molecule has 1 heterocycles. The number of thiophene rings is 1. The number of hydrazone groups is 1. The first kappa shape index (κ1) is 13.3. The second kappa shape index (κ2) is 6.70. The average molecular weight is 274 g/mol. The Hall–Kier alpha value is -2.14. The molecule has 0 bridgehead atoms. The van der Waals surface area contributed by atoms with E-state index in [1.807, 2.05) is 48.7 Å². The minimum atomic E-state index is -0.283. The summed E-state index contributed by atoms with van der Waals surface area (Å²) < 4.78 is 5.35. The maximum atomic E-state index is 11.5. The molecule has 0 spiro atoms. The summed E-state index contributed by atoms with van der Waals surface area (Å²) in [5.74, 6) is 0.395. The summed E-state index contributed by atoms with van der Waals surface area (Å²) in [4.78, 5) is 12.5. The quantitative estimate of drug-likeness (QED) is 0.673. The predicted molar refractivity (Wildman–Crippen MR) is 76.7 cm³/mol. The number of rotatable bonds is 5. The van der Waals surface area contributed by atoms with Gasteiger partial charge in [0.25, 0.3) is 5.91 Å². The van der Waals surface area contributed by atoms with Gasteiger partial charge >= 0.3 is 0 Å². The summed E-state index contributed by atoms with van der Waals surface area (Å²) in [5, 5.41) is 5.80. The zero-order valence-electron chi connectivity index (χ0n) is 10.5. The Bertz CT molecular complexity index is 565. The van der Waals surface area contributed by atoms with Crippen molar-refractivity contribution in [2.75, 3.05) is 6.61 Å². The Morgan fingerprint density at radius 1 is 1.42 bits per heavy atom. The van der Waals surface area contributed by atoms with Crippen LogP contribution in [-0.2, 0) is 4.79 Å². The maximum Gasteiger partial charge on any atom is 0.277 e. The van der Waals surface area contributed by atoms with E-state index in [1.165, 1.54) is 0 Å². The number of hydrogen-bond acceptors (Lipinski definition) is 4. The van der Waals surface area contributed by atoms with E-state index in [9.17, 15) is 4.79 Å². The molecule has 0 unspecified atom stereocenters. The van der Waals surface area contributed by atoms with Crippen molar-refractivity contribution in [2.45, 2.75) is 6.92 Å². The zero-order chi connectivity index (χ0) is 13.5. The number of aryl methyl sites for hydroxylation is 1. The summed E-state index contributed by atoms with van der Waals surface area (Å²) in [5.41, 5.74) is 3.51. The molecule has 0 atom stereocenters. The molecule has 2 aromatic rings. The van der Waals surface area contributed by atoms with E-state index in [2.05, 4.69) is 10.5 Å². The molecule has 19 heavy (non-hydrogen) atoms. The van der Waals surface area contributed by atoms with Crippen LogP contribution in [0, 0.1) is 6.92 Å². The van der Waals surface area contributed by atoms with Crippen molar-refractivity contribution in [1.29, 1.82) is 0 Å². The molecule has 1 N–H and O–H groups in total. The smallest absolute Gasteiger partial charge is 0.277 e. The van der Waals surface area contributed by atoms with Gasteiger partial charge in [0.2, 0.25) is 0 Å². The van der Waals surface area contributed by atoms with Crippen molar-refractivity contribution in [3.63, 3.8) is 0 Å². The molecule has 0 aliphatic carbocycles. The van der Waals surface area contributed by atoms with Crippen LogP contribution in [0.5, 0.6) is 5.75 Å². The van der Waals surface area contributed by atoms with Gasteiger partial charge < -0.3 is 4.74 Å². The van der Waals surface area contributed by atoms with Gasteiger partial charge in [0.15, 0.2) is 6.61 Å². The van der Waals surface area contributed by atoms with Crippen molar-refractivity contribution in [3.8, 4) is 5.75 Å². The zero-order valence-corrected chi connectivity index (χ0v) is 11.3. The van der Waals surface area contributed by atoms with Crippen LogP contribution < -0.4 is 10.2 Å². The number of amides is 1. The minimum Gasteiger partial charge on any atom is -0.484 e. The highest BCUT2D eigenvalue weighted by molar-refractivity contribution is 7.11. The fourth-order valence-electron chi connectivity index (χ4n) is 1.42. The van der Waals surface area contributed by atoms with Crippen LogP contribution in [0.25, 0.3) is 0 Å². The molecule has 1 aromatic heterocycles. The van der Waals surface area contributed by atoms with Crippen LogP contribution in [0.15, 0.2) is 46.9 Å². The Balaban J connectivity index is 1.76. The Kier molecular flexibility index (Phi) is 4.69. The third kappa shape index (κ3) is 4.56. The monoisotopic (exact) mass is 274 g/mol. The first-order chi connectivity index (χ1) is 9.24. The van der Waals surface area contributed by atoms with E-state index in [-0.39, 0.29) is 12.5 Å². The Morgan fingerprint density at radius 3 is 3.05 bits per heavy atom. The van der Waals surface area contributed by atoms with Gasteiger partial charge in [-0.3, -0.25) is 4.79 Å². The largest absolute Gasteiger partial charge is 0.484 e. The van der Waals surface area contributed by atoms with Crippen LogP contribution in [0.3, 0.4) is 0 Å². The number of nitrogens with zero attached hydrogens (tertiary/aromatic N) is 1. The highest BCUT2D eigenvalue weighted by Gasteiger charge is 2.01. The molecular weight excluding hydrogens is 260 g/mol. The molecule has 4 nitrogen and oxygen atoms in total. The van der Waals surface area contributed by atoms with Crippen LogP contribution >= 0.6 is 11.3 Å². The molecule has 0 aliphatic rings. The molecule has 0 saturated carbocycles. The van der Waals surface area contributed by atoms with Gasteiger partial charge in [-0.2, -0.15) is 5.10 Å². The highest BCUT2D eigenvalue weighted by Crippen LogP contribution is 2.11. The van der Waals surface area contributed by atoms with Crippen molar-refractivity contribution in [3.05, 3.63) is 52.2 Å². The highest BCUT2D eigenvalue weighted by atomic mass is 32.1. The van der Waals surface area contributed by atoms with Gasteiger partial charge in [0.05, 0.1) is 6.21 Å². The standard InChI is InChI=1S/C14H14N2O2S/c1-11-4-2-5-12(8-11)18-10-14(17)16-15-9-13-6-3-7-19-13/h2-9H,10H2,1H3,(H,16,17)/b15-9-. The minimum absolute atomic E-state index is 0.0504. The van der Waals surface area contributed by atoms with Crippen LogP contribution in [0.1, 0.15) is 10.4 Å². The first-order valence-electron chi connectivity index (χ1n) is 5.79. The van der Waals surface area contributed by atoms with E-state index >= 15 is 0 Å². The van der Waals surface area contributed by atoms with Gasteiger partial charge in [0, 0.05) is 4.88 Å². The second-order valence-electron chi connectivity index (χ2n) is 3.91. The molecule has 1 amide bonds. The lowest BCUT2D eigenvalue weighted by molar-refractivity contribution is -0.123. The molecular formula is C14H14N2O2S. The predicted octanol–water partition coefficient (Wildman–Crippen LogP) is 2.59. The van der Waals surface area contributed by atoms with E-state index in [0.29, 0.717) is 5.75 Å². The second-order valence-corrected chi connectivity index (χ2v) is 4.89. The summed E-state index contributed by atoms with van der Waals surface area (Å²) in [6.07, 6.45) is 1.61. The number of ether oxygens (including phenoxy) is 1. The SMILES string of the molecule is Cc1cccc(OCC(=O)N/N=C\c2cccs2)c1. The number of carbonyl (C=O) groups excluding carboxylic acids is 1. The summed E-state index contributed by atoms with van der Waals surface area (Å²) in [7, 11) is 0. The van der Waals surface area contributed by atoms with E-state index in [4.69, 9.17) is 4.74 Å². The van der Waals surface area contributed by atoms with Gasteiger partial charge in [-0.05, 0) is 36.1 Å². The van der Waals surface area contributed by atoms with E-state index < -0.39 is 0 Å². The van der Waals surface area contributed by atoms with Gasteiger partial charge in [-0.25, -0.2) is 5.43 Å². The molecule has 0 saturated heterocycles. The fourth-order valence-corrected chi connectivity index (χ4v) is 2.00. The normalized spacial score (nSPS) is 10.6. The van der Waals surface area contributed by atoms with Crippen LogP contribution in [0.2, 0.25) is 0 Å². The lowest BCUT2D eigenvalue weighted by atomic mass is 10.2. The van der Waals surface area contributed by atoms with Crippen molar-refractivity contribution in [1.82, 2.24) is 5.43 Å². The lowest BCUT2D eigenvalue weighted by Crippen LogP contribution is -2.24. The summed E-state index contributed by atoms with van der Waals surface area (Å²) in [6, 6.07) is 11.4. The topological polar surface area (TPSA) is 50.7 Å². The molecule has 0 radical (unpaired) electrons. The molecule has 0 fully saturated rings. The Labute approximate surface area is 115 Å². The molecule has 1 aromatic carbocycles. The number of benzene rings is 1. The van der Waals surface area contributed by atoms with Crippen molar-refractivity contribution in [2.24, 2.45) is 5.10 Å². The average Bonchev–Trinajstić information content (AvgIpc) is 2.90. The van der Waals surface area contributed by atoms with Gasteiger partial charge in [0.1, 0.15) is 5.75 Å². The molecule has 98 valence electrons. The summed E-state index contributed by atoms with van der Waals surface area (Å²) in [6.45, 7) is 1.92. The summed E-state index contributed by atoms with van der Waals surface area (Å²) >= 11 is 1.55. The molecule has 2 rings (SSSR count). The first-order valence-corrected chi connectivity index (χ1v) is 6.67. The number of hydrogen-bond donors (Lipinski definition) is 1. The van der Waals surface area contributed by atoms with Crippen molar-refractivity contribution < 1.29 is 9.53 Å². The molecule has 0 aliphatic heterocycles.